The number of hydrogen-bond acceptors (Lipinski definition) is 3. The molecule has 1 amide bonds. The lowest BCUT2D eigenvalue weighted by Gasteiger charge is -2.36. The molecule has 3 aromatic rings. The predicted molar refractivity (Wildman–Crippen MR) is 150 cm³/mol. The third-order valence-electron chi connectivity index (χ3n) is 7.57. The van der Waals surface area contributed by atoms with E-state index in [1.54, 1.807) is 0 Å². The summed E-state index contributed by atoms with van der Waals surface area (Å²) in [5.74, 6) is 0.147. The van der Waals surface area contributed by atoms with Gasteiger partial charge < -0.3 is 14.4 Å². The SMILES string of the molecule is CCN(CC)CCN1CCN(C(=O)c2c(-c3ccc(C)cc3)c(C)cn2Cc2ccc(C)cc2)CC1. The molecular weight excluding hydrogens is 444 g/mol. The van der Waals surface area contributed by atoms with Crippen molar-refractivity contribution in [3.8, 4) is 11.1 Å². The van der Waals surface area contributed by atoms with Gasteiger partial charge in [0.25, 0.3) is 5.91 Å². The molecule has 192 valence electrons. The van der Waals surface area contributed by atoms with E-state index in [4.69, 9.17) is 0 Å². The zero-order chi connectivity index (χ0) is 25.7. The minimum atomic E-state index is 0.147. The molecule has 0 bridgehead atoms. The Hall–Kier alpha value is -2.89. The molecular formula is C31H42N4O. The van der Waals surface area contributed by atoms with Crippen LogP contribution in [0.15, 0.2) is 54.7 Å². The Morgan fingerprint density at radius 3 is 2.00 bits per heavy atom. The zero-order valence-corrected chi connectivity index (χ0v) is 22.8. The summed E-state index contributed by atoms with van der Waals surface area (Å²) in [5, 5.41) is 0. The smallest absolute Gasteiger partial charge is 0.271 e. The van der Waals surface area contributed by atoms with E-state index in [1.807, 2.05) is 0 Å². The summed E-state index contributed by atoms with van der Waals surface area (Å²) in [7, 11) is 0. The molecule has 36 heavy (non-hydrogen) atoms. The van der Waals surface area contributed by atoms with Gasteiger partial charge in [-0.1, -0.05) is 73.5 Å². The van der Waals surface area contributed by atoms with E-state index in [0.29, 0.717) is 6.54 Å². The van der Waals surface area contributed by atoms with Crippen LogP contribution in [0.5, 0.6) is 0 Å². The van der Waals surface area contributed by atoms with Crippen molar-refractivity contribution in [2.75, 3.05) is 52.4 Å². The molecule has 0 radical (unpaired) electrons. The number of aromatic nitrogens is 1. The van der Waals surface area contributed by atoms with Gasteiger partial charge in [0.05, 0.1) is 0 Å². The van der Waals surface area contributed by atoms with Crippen LogP contribution in [-0.4, -0.2) is 77.5 Å². The van der Waals surface area contributed by atoms with Crippen LogP contribution in [0, 0.1) is 20.8 Å². The Balaban J connectivity index is 1.58. The molecule has 1 aliphatic rings. The maximum atomic E-state index is 14.1. The maximum absolute atomic E-state index is 14.1. The number of nitrogens with zero attached hydrogens (tertiary/aromatic N) is 4. The second-order valence-electron chi connectivity index (χ2n) is 10.2. The molecule has 1 saturated heterocycles. The molecule has 0 aliphatic carbocycles. The zero-order valence-electron chi connectivity index (χ0n) is 22.8. The lowest BCUT2D eigenvalue weighted by Crippen LogP contribution is -2.50. The van der Waals surface area contributed by atoms with Crippen LogP contribution >= 0.6 is 0 Å². The molecule has 4 rings (SSSR count). The Labute approximate surface area is 217 Å². The van der Waals surface area contributed by atoms with E-state index in [1.165, 1.54) is 16.7 Å². The summed E-state index contributed by atoms with van der Waals surface area (Å²) in [6.07, 6.45) is 2.16. The van der Waals surface area contributed by atoms with Gasteiger partial charge >= 0.3 is 0 Å². The molecule has 1 aliphatic heterocycles. The van der Waals surface area contributed by atoms with Crippen LogP contribution < -0.4 is 0 Å². The van der Waals surface area contributed by atoms with Gasteiger partial charge in [-0.05, 0) is 50.6 Å². The number of rotatable bonds is 9. The fraction of sp³-hybridized carbons (Fsp3) is 0.452. The summed E-state index contributed by atoms with van der Waals surface area (Å²) >= 11 is 0. The van der Waals surface area contributed by atoms with Crippen LogP contribution in [0.2, 0.25) is 0 Å². The largest absolute Gasteiger partial charge is 0.338 e. The third-order valence-corrected chi connectivity index (χ3v) is 7.57. The van der Waals surface area contributed by atoms with E-state index >= 15 is 0 Å². The van der Waals surface area contributed by atoms with Gasteiger partial charge in [0.1, 0.15) is 5.69 Å². The second kappa shape index (κ2) is 11.9. The lowest BCUT2D eigenvalue weighted by atomic mass is 10.00. The third kappa shape index (κ3) is 6.08. The Bertz CT molecular complexity index is 1130. The molecule has 2 heterocycles. The summed E-state index contributed by atoms with van der Waals surface area (Å²) in [6.45, 7) is 19.2. The van der Waals surface area contributed by atoms with Gasteiger partial charge in [0.2, 0.25) is 0 Å². The van der Waals surface area contributed by atoms with Gasteiger partial charge in [-0.3, -0.25) is 9.69 Å². The summed E-state index contributed by atoms with van der Waals surface area (Å²) in [5.41, 5.74) is 7.82. The summed E-state index contributed by atoms with van der Waals surface area (Å²) < 4.78 is 2.17. The minimum Gasteiger partial charge on any atom is -0.338 e. The van der Waals surface area contributed by atoms with E-state index in [0.717, 1.165) is 74.7 Å². The monoisotopic (exact) mass is 486 g/mol. The van der Waals surface area contributed by atoms with E-state index in [9.17, 15) is 4.79 Å². The summed E-state index contributed by atoms with van der Waals surface area (Å²) in [4.78, 5) is 21.1. The quantitative estimate of drug-likeness (QED) is 0.415. The maximum Gasteiger partial charge on any atom is 0.271 e. The molecule has 0 N–H and O–H groups in total. The number of piperazine rings is 1. The number of amides is 1. The fourth-order valence-electron chi connectivity index (χ4n) is 5.17. The normalized spacial score (nSPS) is 14.6. The van der Waals surface area contributed by atoms with Crippen molar-refractivity contribution in [2.24, 2.45) is 0 Å². The molecule has 0 atom stereocenters. The number of benzene rings is 2. The number of hydrogen-bond donors (Lipinski definition) is 0. The first-order valence-corrected chi connectivity index (χ1v) is 13.5. The van der Waals surface area contributed by atoms with Crippen molar-refractivity contribution < 1.29 is 4.79 Å². The Morgan fingerprint density at radius 2 is 1.42 bits per heavy atom. The first kappa shape index (κ1) is 26.2. The van der Waals surface area contributed by atoms with Gasteiger partial charge in [-0.2, -0.15) is 0 Å². The van der Waals surface area contributed by atoms with Crippen LogP contribution in [0.3, 0.4) is 0 Å². The van der Waals surface area contributed by atoms with Crippen molar-refractivity contribution >= 4 is 5.91 Å². The number of carbonyl (C=O) groups excluding carboxylic acids is 1. The Kier molecular flexibility index (Phi) is 8.65. The van der Waals surface area contributed by atoms with Crippen molar-refractivity contribution in [1.29, 1.82) is 0 Å². The van der Waals surface area contributed by atoms with Gasteiger partial charge in [-0.25, -0.2) is 0 Å². The number of likely N-dealkylation sites (N-methyl/N-ethyl adjacent to an activating group) is 1. The molecule has 1 fully saturated rings. The highest BCUT2D eigenvalue weighted by Crippen LogP contribution is 2.31. The molecule has 0 saturated carbocycles. The summed E-state index contributed by atoms with van der Waals surface area (Å²) in [6, 6.07) is 17.2. The topological polar surface area (TPSA) is 31.7 Å². The molecule has 5 nitrogen and oxygen atoms in total. The van der Waals surface area contributed by atoms with E-state index in [-0.39, 0.29) is 5.91 Å². The number of carbonyl (C=O) groups is 1. The van der Waals surface area contributed by atoms with Crippen molar-refractivity contribution in [3.05, 3.63) is 82.7 Å². The van der Waals surface area contributed by atoms with Crippen LogP contribution in [0.1, 0.15) is 46.6 Å². The molecule has 2 aromatic carbocycles. The first-order chi connectivity index (χ1) is 17.4. The minimum absolute atomic E-state index is 0.147. The van der Waals surface area contributed by atoms with Crippen molar-refractivity contribution in [3.63, 3.8) is 0 Å². The average molecular weight is 487 g/mol. The standard InChI is InChI=1S/C31H42N4O/c1-6-32(7-2)16-17-33-18-20-34(21-19-33)31(36)30-29(28-14-10-25(4)11-15-28)26(5)22-35(30)23-27-12-8-24(3)9-13-27/h8-15,22H,6-7,16-21,23H2,1-5H3. The van der Waals surface area contributed by atoms with Crippen LogP contribution in [0.4, 0.5) is 0 Å². The fourth-order valence-corrected chi connectivity index (χ4v) is 5.17. The first-order valence-electron chi connectivity index (χ1n) is 13.5. The van der Waals surface area contributed by atoms with Crippen molar-refractivity contribution in [2.45, 2.75) is 41.2 Å². The van der Waals surface area contributed by atoms with Gasteiger partial charge in [0, 0.05) is 57.6 Å². The predicted octanol–water partition coefficient (Wildman–Crippen LogP) is 5.23. The molecule has 5 heteroatoms. The number of aryl methyl sites for hydroxylation is 3. The van der Waals surface area contributed by atoms with Crippen LogP contribution in [0.25, 0.3) is 11.1 Å². The van der Waals surface area contributed by atoms with E-state index in [2.05, 4.69) is 109 Å². The average Bonchev–Trinajstić information content (AvgIpc) is 3.21. The molecule has 0 unspecified atom stereocenters. The molecule has 1 aromatic heterocycles. The highest BCUT2D eigenvalue weighted by Gasteiger charge is 2.28. The lowest BCUT2D eigenvalue weighted by molar-refractivity contribution is 0.0615. The highest BCUT2D eigenvalue weighted by atomic mass is 16.2. The van der Waals surface area contributed by atoms with E-state index < -0.39 is 0 Å². The van der Waals surface area contributed by atoms with Crippen LogP contribution in [-0.2, 0) is 6.54 Å². The highest BCUT2D eigenvalue weighted by molar-refractivity contribution is 6.00. The second-order valence-corrected chi connectivity index (χ2v) is 10.2. The van der Waals surface area contributed by atoms with Gasteiger partial charge in [-0.15, -0.1) is 0 Å². The van der Waals surface area contributed by atoms with Crippen molar-refractivity contribution in [1.82, 2.24) is 19.3 Å². The Morgan fingerprint density at radius 1 is 0.833 bits per heavy atom. The van der Waals surface area contributed by atoms with Gasteiger partial charge in [0.15, 0.2) is 0 Å². The molecule has 0 spiro atoms.